The number of alkyl halides is 1. The van der Waals surface area contributed by atoms with Crippen LogP contribution in [-0.4, -0.2) is 36.1 Å². The lowest BCUT2D eigenvalue weighted by Gasteiger charge is -2.34. The normalized spacial score (nSPS) is 20.1. The van der Waals surface area contributed by atoms with Crippen molar-refractivity contribution < 1.29 is 14.3 Å². The van der Waals surface area contributed by atoms with E-state index in [0.717, 1.165) is 13.1 Å². The zero-order valence-electron chi connectivity index (χ0n) is 9.82. The van der Waals surface area contributed by atoms with Crippen LogP contribution in [0.3, 0.4) is 0 Å². The van der Waals surface area contributed by atoms with Crippen LogP contribution in [-0.2, 0) is 5.67 Å². The lowest BCUT2D eigenvalue weighted by Crippen LogP contribution is -2.37. The van der Waals surface area contributed by atoms with Crippen LogP contribution < -0.4 is 0 Å². The molecule has 1 aliphatic rings. The predicted molar refractivity (Wildman–Crippen MR) is 62.9 cm³/mol. The van der Waals surface area contributed by atoms with E-state index in [1.807, 2.05) is 7.05 Å². The lowest BCUT2D eigenvalue weighted by atomic mass is 9.86. The van der Waals surface area contributed by atoms with E-state index in [0.29, 0.717) is 18.4 Å². The Bertz CT molecular complexity index is 408. The number of carbonyl (C=O) groups is 1. The van der Waals surface area contributed by atoms with Crippen molar-refractivity contribution in [1.29, 1.82) is 0 Å². The summed E-state index contributed by atoms with van der Waals surface area (Å²) in [7, 11) is 1.98. The quantitative estimate of drug-likeness (QED) is 0.857. The molecule has 0 saturated carbocycles. The molecule has 4 heteroatoms. The summed E-state index contributed by atoms with van der Waals surface area (Å²) in [5.74, 6) is -0.979. The molecular formula is C13H16FNO2. The molecule has 0 aromatic heterocycles. The molecule has 1 heterocycles. The summed E-state index contributed by atoms with van der Waals surface area (Å²) >= 11 is 0. The number of carboxylic acids is 1. The van der Waals surface area contributed by atoms with E-state index in [4.69, 9.17) is 5.11 Å². The highest BCUT2D eigenvalue weighted by Crippen LogP contribution is 2.36. The van der Waals surface area contributed by atoms with Gasteiger partial charge in [0.15, 0.2) is 0 Å². The molecule has 1 aliphatic heterocycles. The Morgan fingerprint density at radius 2 is 1.82 bits per heavy atom. The molecule has 0 radical (unpaired) electrons. The van der Waals surface area contributed by atoms with Crippen LogP contribution in [0.4, 0.5) is 4.39 Å². The third-order valence-corrected chi connectivity index (χ3v) is 3.43. The molecule has 0 bridgehead atoms. The number of likely N-dealkylation sites (tertiary alicyclic amines) is 1. The van der Waals surface area contributed by atoms with E-state index in [2.05, 4.69) is 4.90 Å². The van der Waals surface area contributed by atoms with Crippen LogP contribution >= 0.6 is 0 Å². The first-order valence-electron chi connectivity index (χ1n) is 5.72. The highest BCUT2D eigenvalue weighted by molar-refractivity contribution is 5.87. The van der Waals surface area contributed by atoms with Crippen LogP contribution in [0.2, 0.25) is 0 Å². The molecule has 0 atom stereocenters. The molecule has 3 nitrogen and oxygen atoms in total. The van der Waals surface area contributed by atoms with Gasteiger partial charge in [0.1, 0.15) is 5.67 Å². The van der Waals surface area contributed by atoms with Gasteiger partial charge in [0, 0.05) is 13.1 Å². The average molecular weight is 237 g/mol. The number of halogens is 1. The third kappa shape index (κ3) is 2.47. The van der Waals surface area contributed by atoms with Crippen LogP contribution in [0.1, 0.15) is 28.8 Å². The molecule has 0 unspecified atom stereocenters. The number of nitrogens with zero attached hydrogens (tertiary/aromatic N) is 1. The molecule has 1 aromatic rings. The minimum absolute atomic E-state index is 0.199. The maximum atomic E-state index is 14.6. The van der Waals surface area contributed by atoms with E-state index in [1.165, 1.54) is 12.1 Å². The van der Waals surface area contributed by atoms with Gasteiger partial charge in [-0.1, -0.05) is 12.1 Å². The molecule has 1 N–H and O–H groups in total. The van der Waals surface area contributed by atoms with Gasteiger partial charge >= 0.3 is 5.97 Å². The Hall–Kier alpha value is -1.42. The second-order valence-electron chi connectivity index (χ2n) is 4.65. The number of carboxylic acid groups (broad SMARTS) is 1. The first kappa shape index (κ1) is 12.0. The maximum absolute atomic E-state index is 14.6. The Morgan fingerprint density at radius 1 is 1.29 bits per heavy atom. The van der Waals surface area contributed by atoms with Crippen molar-refractivity contribution in [3.63, 3.8) is 0 Å². The van der Waals surface area contributed by atoms with Crippen molar-refractivity contribution in [3.8, 4) is 0 Å². The molecule has 2 rings (SSSR count). The maximum Gasteiger partial charge on any atom is 0.335 e. The number of hydrogen-bond donors (Lipinski definition) is 1. The standard InChI is InChI=1S/C13H16FNO2/c1-15-8-6-13(14,7-9-15)11-4-2-10(3-5-11)12(16)17/h2-5H,6-9H2,1H3,(H,16,17). The Kier molecular flexibility index (Phi) is 3.15. The zero-order valence-corrected chi connectivity index (χ0v) is 9.82. The van der Waals surface area contributed by atoms with E-state index in [9.17, 15) is 9.18 Å². The predicted octanol–water partition coefficient (Wildman–Crippen LogP) is 2.28. The monoisotopic (exact) mass is 237 g/mol. The van der Waals surface area contributed by atoms with Crippen molar-refractivity contribution >= 4 is 5.97 Å². The molecule has 1 fully saturated rings. The zero-order chi connectivity index (χ0) is 12.5. The van der Waals surface area contributed by atoms with Gasteiger partial charge in [-0.3, -0.25) is 0 Å². The van der Waals surface area contributed by atoms with E-state index < -0.39 is 11.6 Å². The van der Waals surface area contributed by atoms with E-state index >= 15 is 0 Å². The fourth-order valence-electron chi connectivity index (χ4n) is 2.17. The molecule has 0 spiro atoms. The number of hydrogen-bond acceptors (Lipinski definition) is 2. The summed E-state index contributed by atoms with van der Waals surface area (Å²) in [5, 5.41) is 8.78. The molecule has 1 saturated heterocycles. The number of aromatic carboxylic acids is 1. The van der Waals surface area contributed by atoms with Crippen molar-refractivity contribution in [2.24, 2.45) is 0 Å². The highest BCUT2D eigenvalue weighted by atomic mass is 19.1. The van der Waals surface area contributed by atoms with Gasteiger partial charge < -0.3 is 10.0 Å². The van der Waals surface area contributed by atoms with Crippen LogP contribution in [0.15, 0.2) is 24.3 Å². The van der Waals surface area contributed by atoms with Crippen molar-refractivity contribution in [1.82, 2.24) is 4.90 Å². The second-order valence-corrected chi connectivity index (χ2v) is 4.65. The van der Waals surface area contributed by atoms with Gasteiger partial charge in [0.05, 0.1) is 5.56 Å². The molecular weight excluding hydrogens is 221 g/mol. The van der Waals surface area contributed by atoms with Crippen LogP contribution in [0.5, 0.6) is 0 Å². The Balaban J connectivity index is 2.19. The van der Waals surface area contributed by atoms with Gasteiger partial charge in [-0.05, 0) is 37.6 Å². The summed E-state index contributed by atoms with van der Waals surface area (Å²) in [6.45, 7) is 1.47. The van der Waals surface area contributed by atoms with Gasteiger partial charge in [-0.25, -0.2) is 9.18 Å². The second kappa shape index (κ2) is 4.45. The fraction of sp³-hybridized carbons (Fsp3) is 0.462. The van der Waals surface area contributed by atoms with Gasteiger partial charge in [0.25, 0.3) is 0 Å². The minimum Gasteiger partial charge on any atom is -0.478 e. The van der Waals surface area contributed by atoms with Crippen molar-refractivity contribution in [3.05, 3.63) is 35.4 Å². The third-order valence-electron chi connectivity index (χ3n) is 3.43. The summed E-state index contributed by atoms with van der Waals surface area (Å²) < 4.78 is 14.6. The Morgan fingerprint density at radius 3 is 2.29 bits per heavy atom. The largest absolute Gasteiger partial charge is 0.478 e. The van der Waals surface area contributed by atoms with Gasteiger partial charge in [-0.15, -0.1) is 0 Å². The molecule has 92 valence electrons. The van der Waals surface area contributed by atoms with Crippen molar-refractivity contribution in [2.75, 3.05) is 20.1 Å². The molecule has 1 aromatic carbocycles. The first-order chi connectivity index (χ1) is 8.01. The number of piperidine rings is 1. The summed E-state index contributed by atoms with van der Waals surface area (Å²) in [6, 6.07) is 6.12. The average Bonchev–Trinajstić information content (AvgIpc) is 2.33. The van der Waals surface area contributed by atoms with Crippen LogP contribution in [0, 0.1) is 0 Å². The molecule has 17 heavy (non-hydrogen) atoms. The summed E-state index contributed by atoms with van der Waals surface area (Å²) in [4.78, 5) is 12.8. The van der Waals surface area contributed by atoms with Gasteiger partial charge in [-0.2, -0.15) is 0 Å². The minimum atomic E-state index is -1.30. The van der Waals surface area contributed by atoms with E-state index in [1.54, 1.807) is 12.1 Å². The number of rotatable bonds is 2. The lowest BCUT2D eigenvalue weighted by molar-refractivity contribution is 0.0665. The summed E-state index contributed by atoms with van der Waals surface area (Å²) in [5.41, 5.74) is -0.510. The summed E-state index contributed by atoms with van der Waals surface area (Å²) in [6.07, 6.45) is 0.936. The van der Waals surface area contributed by atoms with Crippen LogP contribution in [0.25, 0.3) is 0 Å². The number of benzene rings is 1. The highest BCUT2D eigenvalue weighted by Gasteiger charge is 2.35. The topological polar surface area (TPSA) is 40.5 Å². The Labute approximate surface area is 99.9 Å². The van der Waals surface area contributed by atoms with E-state index in [-0.39, 0.29) is 5.56 Å². The molecule has 0 amide bonds. The first-order valence-corrected chi connectivity index (χ1v) is 5.72. The fourth-order valence-corrected chi connectivity index (χ4v) is 2.17. The van der Waals surface area contributed by atoms with Crippen molar-refractivity contribution in [2.45, 2.75) is 18.5 Å². The van der Waals surface area contributed by atoms with Gasteiger partial charge in [0.2, 0.25) is 0 Å². The SMILES string of the molecule is CN1CCC(F)(c2ccc(C(=O)O)cc2)CC1. The smallest absolute Gasteiger partial charge is 0.335 e. The molecule has 0 aliphatic carbocycles.